The molecule has 3 heterocycles. The first-order valence-corrected chi connectivity index (χ1v) is 8.17. The van der Waals surface area contributed by atoms with Crippen molar-refractivity contribution in [3.05, 3.63) is 29.4 Å². The molecule has 0 atom stereocenters. The Hall–Kier alpha value is -1.60. The van der Waals surface area contributed by atoms with Gasteiger partial charge in [0.1, 0.15) is 10.6 Å². The van der Waals surface area contributed by atoms with E-state index in [0.717, 1.165) is 21.7 Å². The Labute approximate surface area is 125 Å². The largest absolute Gasteiger partial charge is 0.383 e. The van der Waals surface area contributed by atoms with Crippen LogP contribution in [-0.2, 0) is 5.75 Å². The predicted octanol–water partition coefficient (Wildman–Crippen LogP) is 3.34. The average molecular weight is 305 g/mol. The first-order chi connectivity index (χ1) is 9.63. The molecule has 0 unspecified atom stereocenters. The third-order valence-corrected chi connectivity index (χ3v) is 4.56. The maximum atomic E-state index is 5.94. The Morgan fingerprint density at radius 2 is 2.20 bits per heavy atom. The minimum absolute atomic E-state index is 0.378. The van der Waals surface area contributed by atoms with Gasteiger partial charge in [-0.1, -0.05) is 11.8 Å². The number of nitrogen functional groups attached to an aromatic ring is 1. The first kappa shape index (κ1) is 13.4. The van der Waals surface area contributed by atoms with E-state index in [1.54, 1.807) is 23.1 Å². The quantitative estimate of drug-likeness (QED) is 0.591. The topological polar surface area (TPSA) is 69.6 Å². The summed E-state index contributed by atoms with van der Waals surface area (Å²) in [6.07, 6.45) is 2.00. The third kappa shape index (κ3) is 2.64. The Kier molecular flexibility index (Phi) is 3.62. The van der Waals surface area contributed by atoms with Crippen molar-refractivity contribution in [2.75, 3.05) is 5.73 Å². The van der Waals surface area contributed by atoms with Crippen LogP contribution in [0, 0.1) is 0 Å². The second kappa shape index (κ2) is 5.41. The Morgan fingerprint density at radius 3 is 2.95 bits per heavy atom. The zero-order chi connectivity index (χ0) is 14.1. The molecule has 0 spiro atoms. The summed E-state index contributed by atoms with van der Waals surface area (Å²) in [5, 5.41) is 8.13. The molecule has 0 saturated carbocycles. The van der Waals surface area contributed by atoms with Gasteiger partial charge >= 0.3 is 0 Å². The fraction of sp³-hybridized carbons (Fsp3) is 0.308. The molecule has 0 bridgehead atoms. The van der Waals surface area contributed by atoms with Crippen molar-refractivity contribution in [3.8, 4) is 0 Å². The van der Waals surface area contributed by atoms with Crippen molar-refractivity contribution < 1.29 is 0 Å². The molecule has 0 aliphatic carbocycles. The van der Waals surface area contributed by atoms with E-state index in [1.165, 1.54) is 0 Å². The van der Waals surface area contributed by atoms with Gasteiger partial charge in [-0.15, -0.1) is 11.3 Å². The molecule has 3 aromatic heterocycles. The summed E-state index contributed by atoms with van der Waals surface area (Å²) in [7, 11) is 0. The van der Waals surface area contributed by atoms with Gasteiger partial charge < -0.3 is 5.73 Å². The van der Waals surface area contributed by atoms with Crippen LogP contribution in [0.3, 0.4) is 0 Å². The highest BCUT2D eigenvalue weighted by Gasteiger charge is 2.08. The molecule has 0 saturated heterocycles. The van der Waals surface area contributed by atoms with Gasteiger partial charge in [0.15, 0.2) is 5.16 Å². The van der Waals surface area contributed by atoms with E-state index in [9.17, 15) is 0 Å². The lowest BCUT2D eigenvalue weighted by atomic mass is 10.4. The standard InChI is InChI=1S/C13H15N5S2/c1-8(2)18-5-3-9(17-18)7-20-13-15-11(14)10-4-6-19-12(10)16-13/h3-6,8H,7H2,1-2H3,(H2,14,15,16). The lowest BCUT2D eigenvalue weighted by Crippen LogP contribution is -2.01. The fourth-order valence-corrected chi connectivity index (χ4v) is 3.38. The Morgan fingerprint density at radius 1 is 1.35 bits per heavy atom. The summed E-state index contributed by atoms with van der Waals surface area (Å²) in [6, 6.07) is 4.36. The van der Waals surface area contributed by atoms with Crippen LogP contribution in [0.15, 0.2) is 28.9 Å². The number of rotatable bonds is 4. The van der Waals surface area contributed by atoms with E-state index in [0.29, 0.717) is 17.0 Å². The van der Waals surface area contributed by atoms with Gasteiger partial charge in [-0.2, -0.15) is 5.10 Å². The zero-order valence-corrected chi connectivity index (χ0v) is 12.9. The number of hydrogen-bond donors (Lipinski definition) is 1. The molecule has 2 N–H and O–H groups in total. The molecule has 3 aromatic rings. The van der Waals surface area contributed by atoms with Crippen molar-refractivity contribution in [1.82, 2.24) is 19.7 Å². The van der Waals surface area contributed by atoms with Gasteiger partial charge in [-0.05, 0) is 31.4 Å². The molecule has 3 rings (SSSR count). The highest BCUT2D eigenvalue weighted by Crippen LogP contribution is 2.27. The number of nitrogens with two attached hydrogens (primary N) is 1. The van der Waals surface area contributed by atoms with Crippen molar-refractivity contribution in [1.29, 1.82) is 0 Å². The monoisotopic (exact) mass is 305 g/mol. The van der Waals surface area contributed by atoms with Crippen LogP contribution in [0.2, 0.25) is 0 Å². The molecular weight excluding hydrogens is 290 g/mol. The molecule has 0 aromatic carbocycles. The normalized spacial score (nSPS) is 11.6. The molecule has 0 aliphatic rings. The number of fused-ring (bicyclic) bond motifs is 1. The van der Waals surface area contributed by atoms with Gasteiger partial charge in [0.25, 0.3) is 0 Å². The van der Waals surface area contributed by atoms with Gasteiger partial charge in [0, 0.05) is 18.0 Å². The maximum absolute atomic E-state index is 5.94. The SMILES string of the molecule is CC(C)n1ccc(CSc2nc(N)c3ccsc3n2)n1. The van der Waals surface area contributed by atoms with E-state index < -0.39 is 0 Å². The number of nitrogens with zero attached hydrogens (tertiary/aromatic N) is 4. The number of hydrogen-bond acceptors (Lipinski definition) is 6. The molecule has 0 aliphatic heterocycles. The van der Waals surface area contributed by atoms with Crippen LogP contribution >= 0.6 is 23.1 Å². The van der Waals surface area contributed by atoms with Crippen molar-refractivity contribution >= 4 is 39.1 Å². The molecule has 0 amide bonds. The van der Waals surface area contributed by atoms with E-state index in [1.807, 2.05) is 28.4 Å². The Bertz CT molecular complexity index is 731. The van der Waals surface area contributed by atoms with Crippen molar-refractivity contribution in [2.45, 2.75) is 30.8 Å². The maximum Gasteiger partial charge on any atom is 0.191 e. The zero-order valence-electron chi connectivity index (χ0n) is 11.3. The number of anilines is 1. The van der Waals surface area contributed by atoms with E-state index in [2.05, 4.69) is 28.9 Å². The number of aromatic nitrogens is 4. The smallest absolute Gasteiger partial charge is 0.191 e. The highest BCUT2D eigenvalue weighted by molar-refractivity contribution is 7.98. The summed E-state index contributed by atoms with van der Waals surface area (Å²) < 4.78 is 1.95. The lowest BCUT2D eigenvalue weighted by molar-refractivity contribution is 0.529. The van der Waals surface area contributed by atoms with Crippen molar-refractivity contribution in [3.63, 3.8) is 0 Å². The minimum atomic E-state index is 0.378. The molecular formula is C13H15N5S2. The number of thioether (sulfide) groups is 1. The molecule has 0 radical (unpaired) electrons. The van der Waals surface area contributed by atoms with Crippen LogP contribution in [0.25, 0.3) is 10.2 Å². The summed E-state index contributed by atoms with van der Waals surface area (Å²) >= 11 is 3.14. The third-order valence-electron chi connectivity index (χ3n) is 2.88. The molecule has 20 heavy (non-hydrogen) atoms. The fourth-order valence-electron chi connectivity index (χ4n) is 1.80. The Balaban J connectivity index is 1.75. The van der Waals surface area contributed by atoms with Crippen LogP contribution in [-0.4, -0.2) is 19.7 Å². The van der Waals surface area contributed by atoms with Gasteiger partial charge in [-0.3, -0.25) is 4.68 Å². The van der Waals surface area contributed by atoms with Gasteiger partial charge in [0.05, 0.1) is 11.1 Å². The van der Waals surface area contributed by atoms with E-state index >= 15 is 0 Å². The van der Waals surface area contributed by atoms with Crippen LogP contribution < -0.4 is 5.73 Å². The molecule has 0 fully saturated rings. The predicted molar refractivity (Wildman–Crippen MR) is 84.0 cm³/mol. The molecule has 104 valence electrons. The molecule has 7 heteroatoms. The van der Waals surface area contributed by atoms with Gasteiger partial charge in [-0.25, -0.2) is 9.97 Å². The van der Waals surface area contributed by atoms with E-state index in [4.69, 9.17) is 5.73 Å². The van der Waals surface area contributed by atoms with Crippen LogP contribution in [0.1, 0.15) is 25.6 Å². The second-order valence-corrected chi connectivity index (χ2v) is 6.54. The molecule has 5 nitrogen and oxygen atoms in total. The average Bonchev–Trinajstić information content (AvgIpc) is 3.05. The van der Waals surface area contributed by atoms with Crippen molar-refractivity contribution in [2.24, 2.45) is 0 Å². The summed E-state index contributed by atoms with van der Waals surface area (Å²) in [5.74, 6) is 1.29. The lowest BCUT2D eigenvalue weighted by Gasteiger charge is -2.04. The van der Waals surface area contributed by atoms with E-state index in [-0.39, 0.29) is 0 Å². The van der Waals surface area contributed by atoms with Crippen LogP contribution in [0.4, 0.5) is 5.82 Å². The summed E-state index contributed by atoms with van der Waals surface area (Å²) in [4.78, 5) is 9.78. The summed E-state index contributed by atoms with van der Waals surface area (Å²) in [5.41, 5.74) is 6.96. The highest BCUT2D eigenvalue weighted by atomic mass is 32.2. The first-order valence-electron chi connectivity index (χ1n) is 6.31. The minimum Gasteiger partial charge on any atom is -0.383 e. The second-order valence-electron chi connectivity index (χ2n) is 4.70. The summed E-state index contributed by atoms with van der Waals surface area (Å²) in [6.45, 7) is 4.22. The van der Waals surface area contributed by atoms with Gasteiger partial charge in [0.2, 0.25) is 0 Å². The number of thiophene rings is 1. The van der Waals surface area contributed by atoms with Crippen LogP contribution in [0.5, 0.6) is 0 Å².